The fourth-order valence-corrected chi connectivity index (χ4v) is 2.34. The van der Waals surface area contributed by atoms with E-state index in [1.807, 2.05) is 20.8 Å². The number of nitrogens with two attached hydrogens (primary N) is 1. The lowest BCUT2D eigenvalue weighted by atomic mass is 10.2. The van der Waals surface area contributed by atoms with Crippen LogP contribution in [0.1, 0.15) is 40.0 Å². The predicted octanol–water partition coefficient (Wildman–Crippen LogP) is 1.29. The molecule has 1 aromatic rings. The van der Waals surface area contributed by atoms with Gasteiger partial charge < -0.3 is 10.6 Å². The fourth-order valence-electron chi connectivity index (χ4n) is 2.34. The summed E-state index contributed by atoms with van der Waals surface area (Å²) in [6, 6.07) is 2.08. The van der Waals surface area contributed by atoms with Crippen molar-refractivity contribution in [3.8, 4) is 6.07 Å². The van der Waals surface area contributed by atoms with Gasteiger partial charge in [0.25, 0.3) is 5.56 Å². The standard InChI is InChI=1S/C15H25N5O2/c1-4-5-9-20-13(17)12(14(21)18-15(20)22)19(8-6-7-16)10-11(2)3/h11H,4-6,8-10,17H2,1-3H3,(H,18,21,22). The second-order valence-corrected chi connectivity index (χ2v) is 5.75. The monoisotopic (exact) mass is 307 g/mol. The molecule has 1 heterocycles. The van der Waals surface area contributed by atoms with Crippen LogP contribution >= 0.6 is 0 Å². The van der Waals surface area contributed by atoms with Gasteiger partial charge >= 0.3 is 5.69 Å². The number of nitriles is 1. The zero-order chi connectivity index (χ0) is 16.7. The van der Waals surface area contributed by atoms with Crippen LogP contribution in [0.2, 0.25) is 0 Å². The topological polar surface area (TPSA) is 108 Å². The summed E-state index contributed by atoms with van der Waals surface area (Å²) in [4.78, 5) is 28.3. The van der Waals surface area contributed by atoms with Gasteiger partial charge in [-0.25, -0.2) is 4.79 Å². The van der Waals surface area contributed by atoms with Crippen molar-refractivity contribution >= 4 is 11.5 Å². The van der Waals surface area contributed by atoms with Crippen LogP contribution in [0.5, 0.6) is 0 Å². The van der Waals surface area contributed by atoms with Gasteiger partial charge in [0.05, 0.1) is 12.5 Å². The van der Waals surface area contributed by atoms with Gasteiger partial charge in [-0.3, -0.25) is 14.3 Å². The molecule has 0 aliphatic heterocycles. The Morgan fingerprint density at radius 3 is 2.64 bits per heavy atom. The van der Waals surface area contributed by atoms with E-state index in [-0.39, 0.29) is 5.82 Å². The number of unbranched alkanes of at least 4 members (excludes halogenated alkanes) is 1. The number of nitrogens with zero attached hydrogens (tertiary/aromatic N) is 3. The fraction of sp³-hybridized carbons (Fsp3) is 0.667. The highest BCUT2D eigenvalue weighted by Crippen LogP contribution is 2.18. The van der Waals surface area contributed by atoms with E-state index in [0.29, 0.717) is 37.7 Å². The highest BCUT2D eigenvalue weighted by atomic mass is 16.2. The molecule has 0 saturated carbocycles. The number of anilines is 2. The molecule has 0 aromatic carbocycles. The lowest BCUT2D eigenvalue weighted by Crippen LogP contribution is -2.40. The third-order valence-corrected chi connectivity index (χ3v) is 3.34. The van der Waals surface area contributed by atoms with Gasteiger partial charge in [0.2, 0.25) is 0 Å². The van der Waals surface area contributed by atoms with Crippen LogP contribution in [0, 0.1) is 17.2 Å². The summed E-state index contributed by atoms with van der Waals surface area (Å²) in [5, 5.41) is 8.80. The van der Waals surface area contributed by atoms with E-state index in [9.17, 15) is 9.59 Å². The molecule has 0 bridgehead atoms. The molecule has 0 fully saturated rings. The molecular weight excluding hydrogens is 282 g/mol. The number of nitrogen functional groups attached to an aromatic ring is 1. The van der Waals surface area contributed by atoms with Crippen molar-refractivity contribution in [3.05, 3.63) is 20.8 Å². The van der Waals surface area contributed by atoms with Gasteiger partial charge in [-0.05, 0) is 12.3 Å². The summed E-state index contributed by atoms with van der Waals surface area (Å²) >= 11 is 0. The van der Waals surface area contributed by atoms with E-state index in [4.69, 9.17) is 11.0 Å². The van der Waals surface area contributed by atoms with Crippen molar-refractivity contribution in [2.75, 3.05) is 23.7 Å². The van der Waals surface area contributed by atoms with Gasteiger partial charge in [0.15, 0.2) is 0 Å². The molecule has 0 atom stereocenters. The van der Waals surface area contributed by atoms with Crippen molar-refractivity contribution < 1.29 is 0 Å². The van der Waals surface area contributed by atoms with E-state index < -0.39 is 11.2 Å². The van der Waals surface area contributed by atoms with Crippen molar-refractivity contribution in [3.63, 3.8) is 0 Å². The average molecular weight is 307 g/mol. The quantitative estimate of drug-likeness (QED) is 0.752. The van der Waals surface area contributed by atoms with Crippen molar-refractivity contribution in [1.82, 2.24) is 9.55 Å². The number of rotatable bonds is 8. The first-order valence-corrected chi connectivity index (χ1v) is 7.66. The van der Waals surface area contributed by atoms with Crippen LogP contribution in [0.3, 0.4) is 0 Å². The van der Waals surface area contributed by atoms with Gasteiger partial charge in [0.1, 0.15) is 11.5 Å². The third kappa shape index (κ3) is 4.38. The highest BCUT2D eigenvalue weighted by Gasteiger charge is 2.19. The summed E-state index contributed by atoms with van der Waals surface area (Å²) in [5.41, 5.74) is 5.41. The Hall–Kier alpha value is -2.23. The Morgan fingerprint density at radius 1 is 1.41 bits per heavy atom. The molecule has 7 heteroatoms. The normalized spacial score (nSPS) is 10.7. The van der Waals surface area contributed by atoms with Gasteiger partial charge in [0, 0.05) is 19.6 Å². The van der Waals surface area contributed by atoms with Gasteiger partial charge in [-0.15, -0.1) is 0 Å². The molecule has 0 radical (unpaired) electrons. The number of aromatic nitrogens is 2. The zero-order valence-electron chi connectivity index (χ0n) is 13.6. The molecule has 1 rings (SSSR count). The molecule has 0 spiro atoms. The van der Waals surface area contributed by atoms with E-state index in [0.717, 1.165) is 12.8 Å². The summed E-state index contributed by atoms with van der Waals surface area (Å²) in [6.45, 7) is 7.55. The molecular formula is C15H25N5O2. The van der Waals surface area contributed by atoms with Gasteiger partial charge in [-0.2, -0.15) is 5.26 Å². The van der Waals surface area contributed by atoms with E-state index >= 15 is 0 Å². The Labute approximate surface area is 130 Å². The first-order chi connectivity index (χ1) is 10.4. The number of hydrogen-bond donors (Lipinski definition) is 2. The minimum atomic E-state index is -0.492. The Balaban J connectivity index is 3.32. The Morgan fingerprint density at radius 2 is 2.09 bits per heavy atom. The first-order valence-electron chi connectivity index (χ1n) is 7.66. The maximum atomic E-state index is 12.2. The Kier molecular flexibility index (Phi) is 6.70. The lowest BCUT2D eigenvalue weighted by Gasteiger charge is -2.27. The van der Waals surface area contributed by atoms with Crippen LogP contribution in [0.4, 0.5) is 11.5 Å². The van der Waals surface area contributed by atoms with Crippen LogP contribution in [-0.2, 0) is 6.54 Å². The molecule has 0 saturated heterocycles. The number of hydrogen-bond acceptors (Lipinski definition) is 5. The summed E-state index contributed by atoms with van der Waals surface area (Å²) in [7, 11) is 0. The molecule has 122 valence electrons. The molecule has 7 nitrogen and oxygen atoms in total. The second-order valence-electron chi connectivity index (χ2n) is 5.75. The van der Waals surface area contributed by atoms with Crippen molar-refractivity contribution in [2.24, 2.45) is 5.92 Å². The zero-order valence-corrected chi connectivity index (χ0v) is 13.6. The molecule has 0 unspecified atom stereocenters. The predicted molar refractivity (Wildman–Crippen MR) is 87.9 cm³/mol. The van der Waals surface area contributed by atoms with E-state index in [2.05, 4.69) is 11.1 Å². The van der Waals surface area contributed by atoms with Crippen LogP contribution in [0.25, 0.3) is 0 Å². The van der Waals surface area contributed by atoms with Crippen LogP contribution in [0.15, 0.2) is 9.59 Å². The molecule has 0 aliphatic carbocycles. The smallest absolute Gasteiger partial charge is 0.330 e. The number of nitrogens with one attached hydrogen (secondary N) is 1. The highest BCUT2D eigenvalue weighted by molar-refractivity contribution is 5.62. The van der Waals surface area contributed by atoms with Crippen molar-refractivity contribution in [2.45, 2.75) is 46.6 Å². The van der Waals surface area contributed by atoms with Crippen LogP contribution < -0.4 is 21.9 Å². The molecule has 0 amide bonds. The lowest BCUT2D eigenvalue weighted by molar-refractivity contribution is 0.588. The van der Waals surface area contributed by atoms with E-state index in [1.165, 1.54) is 4.57 Å². The minimum Gasteiger partial charge on any atom is -0.383 e. The SMILES string of the molecule is CCCCn1c(N)c(N(CCC#N)CC(C)C)c(=O)[nH]c1=O. The molecule has 0 aliphatic rings. The summed E-state index contributed by atoms with van der Waals surface area (Å²) in [5.74, 6) is 0.481. The second kappa shape index (κ2) is 8.27. The Bertz CT molecular complexity index is 639. The molecule has 3 N–H and O–H groups in total. The summed E-state index contributed by atoms with van der Waals surface area (Å²) in [6.07, 6.45) is 2.02. The number of H-pyrrole nitrogens is 1. The van der Waals surface area contributed by atoms with Crippen molar-refractivity contribution in [1.29, 1.82) is 5.26 Å². The van der Waals surface area contributed by atoms with E-state index in [1.54, 1.807) is 4.90 Å². The average Bonchev–Trinajstić information content (AvgIpc) is 2.43. The van der Waals surface area contributed by atoms with Crippen LogP contribution in [-0.4, -0.2) is 22.6 Å². The third-order valence-electron chi connectivity index (χ3n) is 3.34. The summed E-state index contributed by atoms with van der Waals surface area (Å²) < 4.78 is 1.40. The molecule has 22 heavy (non-hydrogen) atoms. The van der Waals surface area contributed by atoms with Gasteiger partial charge in [-0.1, -0.05) is 27.2 Å². The number of aromatic amines is 1. The largest absolute Gasteiger partial charge is 0.383 e. The maximum absolute atomic E-state index is 12.2. The maximum Gasteiger partial charge on any atom is 0.330 e. The first kappa shape index (κ1) is 17.8. The molecule has 1 aromatic heterocycles. The minimum absolute atomic E-state index is 0.181.